The first-order chi connectivity index (χ1) is 19.0. The van der Waals surface area contributed by atoms with E-state index in [1.165, 1.54) is 10.8 Å². The number of fused-ring (bicyclic) bond motifs is 3. The maximum atomic E-state index is 8.00. The van der Waals surface area contributed by atoms with Gasteiger partial charge in [-0.25, -0.2) is 0 Å². The Morgan fingerprint density at radius 1 is 0.923 bits per heavy atom. The SMILES string of the molecule is Cc1ccc(-c2[c-]cccc2)nc1.[2H]C([2H])(C)c1ccnc(-c2[c-]cc([Si](C)(C)C)c3c2oc2cccnc23)c1.[Ir]. The number of aromatic nitrogens is 3. The summed E-state index contributed by atoms with van der Waals surface area (Å²) >= 11 is 0. The van der Waals surface area contributed by atoms with Gasteiger partial charge in [-0.3, -0.25) is 4.98 Å². The molecule has 0 saturated carbocycles. The topological polar surface area (TPSA) is 51.8 Å². The van der Waals surface area contributed by atoms with Crippen LogP contribution < -0.4 is 5.19 Å². The minimum atomic E-state index is -1.66. The number of aryl methyl sites for hydroxylation is 2. The molecule has 0 atom stereocenters. The maximum absolute atomic E-state index is 8.00. The largest absolute Gasteiger partial charge is 0.499 e. The van der Waals surface area contributed by atoms with Gasteiger partial charge in [-0.15, -0.1) is 53.2 Å². The Kier molecular flexibility index (Phi) is 8.05. The van der Waals surface area contributed by atoms with E-state index in [-0.39, 0.29) is 20.1 Å². The molecule has 4 aromatic heterocycles. The molecule has 6 aromatic rings. The standard InChI is InChI=1S/C21H21N2OSi.C12H10N.Ir/c1-5-14-10-12-22-16(13-14)15-8-9-18(25(2,3)4)19-20-17(24-21(15)19)7-6-11-23-20;1-10-7-8-12(13-9-10)11-5-3-2-4-6-11;/h6-7,9-13H,5H2,1-4H3;2-5,7-9H,1H3;/q2*-1;/i5D2;;. The van der Waals surface area contributed by atoms with Gasteiger partial charge in [0, 0.05) is 49.5 Å². The van der Waals surface area contributed by atoms with Gasteiger partial charge < -0.3 is 14.4 Å². The third-order valence-corrected chi connectivity index (χ3v) is 8.32. The third-order valence-electron chi connectivity index (χ3n) is 6.31. The van der Waals surface area contributed by atoms with Crippen LogP contribution in [0.1, 0.15) is 20.8 Å². The molecule has 0 fully saturated rings. The van der Waals surface area contributed by atoms with Crippen molar-refractivity contribution in [3.8, 4) is 22.5 Å². The normalized spacial score (nSPS) is 12.2. The fourth-order valence-corrected chi connectivity index (χ4v) is 5.81. The molecule has 6 heteroatoms. The molecule has 4 heterocycles. The molecule has 1 radical (unpaired) electrons. The van der Waals surface area contributed by atoms with Crippen LogP contribution in [0.2, 0.25) is 19.6 Å². The Labute approximate surface area is 247 Å². The Hall–Kier alpha value is -3.44. The van der Waals surface area contributed by atoms with Crippen molar-refractivity contribution in [2.45, 2.75) is 39.9 Å². The van der Waals surface area contributed by atoms with Crippen LogP contribution in [0.15, 0.2) is 89.7 Å². The Bertz CT molecular complexity index is 1780. The van der Waals surface area contributed by atoms with Gasteiger partial charge in [0.05, 0.1) is 11.1 Å². The summed E-state index contributed by atoms with van der Waals surface area (Å²) < 4.78 is 22.2. The van der Waals surface area contributed by atoms with Crippen LogP contribution >= 0.6 is 0 Å². The van der Waals surface area contributed by atoms with E-state index < -0.39 is 14.4 Å². The second kappa shape index (κ2) is 12.2. The van der Waals surface area contributed by atoms with Crippen LogP contribution in [0.3, 0.4) is 0 Å². The number of hydrogen-bond acceptors (Lipinski definition) is 4. The molecule has 0 aliphatic carbocycles. The molecule has 199 valence electrons. The van der Waals surface area contributed by atoms with Gasteiger partial charge in [0.2, 0.25) is 0 Å². The van der Waals surface area contributed by atoms with Gasteiger partial charge in [-0.1, -0.05) is 55.9 Å². The summed E-state index contributed by atoms with van der Waals surface area (Å²) in [6.07, 6.45) is 3.85. The number of rotatable bonds is 4. The molecule has 0 saturated heterocycles. The molecule has 0 amide bonds. The van der Waals surface area contributed by atoms with E-state index in [9.17, 15) is 0 Å². The number of furan rings is 1. The molecule has 4 nitrogen and oxygen atoms in total. The van der Waals surface area contributed by atoms with Crippen molar-refractivity contribution >= 4 is 35.3 Å². The van der Waals surface area contributed by atoms with Crippen molar-refractivity contribution < 1.29 is 27.3 Å². The second-order valence-electron chi connectivity index (χ2n) is 10.2. The van der Waals surface area contributed by atoms with Crippen LogP contribution in [0.5, 0.6) is 0 Å². The average molecular weight is 708 g/mol. The minimum absolute atomic E-state index is 0. The minimum Gasteiger partial charge on any atom is -0.499 e. The number of hydrogen-bond donors (Lipinski definition) is 0. The Morgan fingerprint density at radius 2 is 1.77 bits per heavy atom. The quantitative estimate of drug-likeness (QED) is 0.139. The number of pyridine rings is 3. The predicted octanol–water partition coefficient (Wildman–Crippen LogP) is 7.81. The van der Waals surface area contributed by atoms with E-state index in [2.05, 4.69) is 52.8 Å². The van der Waals surface area contributed by atoms with Crippen molar-refractivity contribution in [1.82, 2.24) is 15.0 Å². The zero-order valence-electron chi connectivity index (χ0n) is 24.7. The van der Waals surface area contributed by atoms with Crippen molar-refractivity contribution in [3.05, 3.63) is 109 Å². The van der Waals surface area contributed by atoms with Gasteiger partial charge in [0.1, 0.15) is 5.58 Å². The van der Waals surface area contributed by atoms with Gasteiger partial charge in [-0.2, -0.15) is 0 Å². The molecule has 0 bridgehead atoms. The first-order valence-electron chi connectivity index (χ1n) is 13.6. The molecular formula is C33H31IrN3OSi-2. The summed E-state index contributed by atoms with van der Waals surface area (Å²) in [5.41, 5.74) is 7.52. The number of benzene rings is 2. The molecule has 0 spiro atoms. The van der Waals surface area contributed by atoms with E-state index >= 15 is 0 Å². The monoisotopic (exact) mass is 708 g/mol. The summed E-state index contributed by atoms with van der Waals surface area (Å²) in [7, 11) is -1.66. The number of nitrogens with zero attached hydrogens (tertiary/aromatic N) is 3. The summed E-state index contributed by atoms with van der Waals surface area (Å²) in [6, 6.07) is 27.8. The van der Waals surface area contributed by atoms with Crippen molar-refractivity contribution in [2.75, 3.05) is 0 Å². The first-order valence-corrected chi connectivity index (χ1v) is 16.1. The van der Waals surface area contributed by atoms with Crippen LogP contribution in [-0.2, 0) is 26.5 Å². The van der Waals surface area contributed by atoms with Gasteiger partial charge in [0.15, 0.2) is 0 Å². The fourth-order valence-electron chi connectivity index (χ4n) is 4.32. The Balaban J connectivity index is 0.000000233. The molecule has 6 rings (SSSR count). The van der Waals surface area contributed by atoms with Crippen molar-refractivity contribution in [1.29, 1.82) is 0 Å². The molecule has 0 aliphatic rings. The van der Waals surface area contributed by atoms with Crippen molar-refractivity contribution in [3.63, 3.8) is 0 Å². The van der Waals surface area contributed by atoms with Gasteiger partial charge in [0.25, 0.3) is 0 Å². The van der Waals surface area contributed by atoms with Crippen LogP contribution in [0, 0.1) is 19.1 Å². The van der Waals surface area contributed by atoms with Gasteiger partial charge in [-0.05, 0) is 53.8 Å². The smallest absolute Gasteiger partial charge is 0.139 e. The van der Waals surface area contributed by atoms with Crippen LogP contribution in [0.25, 0.3) is 44.6 Å². The summed E-state index contributed by atoms with van der Waals surface area (Å²) in [4.78, 5) is 13.4. The Morgan fingerprint density at radius 3 is 2.46 bits per heavy atom. The third kappa shape index (κ3) is 6.25. The maximum Gasteiger partial charge on any atom is 0.139 e. The second-order valence-corrected chi connectivity index (χ2v) is 15.2. The molecule has 0 unspecified atom stereocenters. The molecule has 39 heavy (non-hydrogen) atoms. The van der Waals surface area contributed by atoms with E-state index in [0.29, 0.717) is 11.3 Å². The van der Waals surface area contributed by atoms with Gasteiger partial charge >= 0.3 is 0 Å². The zero-order valence-corrected chi connectivity index (χ0v) is 26.1. The summed E-state index contributed by atoms with van der Waals surface area (Å²) in [6.45, 7) is 10.5. The summed E-state index contributed by atoms with van der Waals surface area (Å²) in [5, 5.41) is 2.28. The van der Waals surface area contributed by atoms with E-state index in [4.69, 9.17) is 7.16 Å². The first kappa shape index (κ1) is 25.8. The molecular weight excluding hydrogens is 675 g/mol. The van der Waals surface area contributed by atoms with Crippen molar-refractivity contribution in [2.24, 2.45) is 0 Å². The molecule has 2 aromatic carbocycles. The molecule has 0 aliphatic heterocycles. The van der Waals surface area contributed by atoms with Crippen LogP contribution in [-0.4, -0.2) is 23.0 Å². The zero-order chi connectivity index (χ0) is 28.5. The average Bonchev–Trinajstić information content (AvgIpc) is 3.32. The van der Waals surface area contributed by atoms with E-state index in [1.807, 2.05) is 61.7 Å². The molecule has 0 N–H and O–H groups in total. The predicted molar refractivity (Wildman–Crippen MR) is 159 cm³/mol. The van der Waals surface area contributed by atoms with E-state index in [1.54, 1.807) is 31.5 Å². The fraction of sp³-hybridized carbons (Fsp3) is 0.182. The van der Waals surface area contributed by atoms with Crippen LogP contribution in [0.4, 0.5) is 0 Å². The summed E-state index contributed by atoms with van der Waals surface area (Å²) in [5.74, 6) is 0. The van der Waals surface area contributed by atoms with E-state index in [0.717, 1.165) is 38.9 Å².